The summed E-state index contributed by atoms with van der Waals surface area (Å²) < 4.78 is 14.8. The van der Waals surface area contributed by atoms with Gasteiger partial charge < -0.3 is 4.57 Å². The van der Waals surface area contributed by atoms with Crippen molar-refractivity contribution in [1.29, 1.82) is 0 Å². The molecule has 0 aliphatic carbocycles. The van der Waals surface area contributed by atoms with Crippen LogP contribution >= 0.6 is 11.8 Å². The number of carbonyl (C=O) groups excluding carboxylic acids is 1. The van der Waals surface area contributed by atoms with Crippen LogP contribution < -0.4 is 0 Å². The number of thioether (sulfide) groups is 1. The summed E-state index contributed by atoms with van der Waals surface area (Å²) in [5.41, 5.74) is 1.34. The lowest BCUT2D eigenvalue weighted by Gasteiger charge is -2.10. The lowest BCUT2D eigenvalue weighted by molar-refractivity contribution is 0.0994. The Hall–Kier alpha value is -2.54. The summed E-state index contributed by atoms with van der Waals surface area (Å²) >= 11 is 1.32. The third-order valence-electron chi connectivity index (χ3n) is 3.53. The molecule has 0 spiro atoms. The zero-order valence-corrected chi connectivity index (χ0v) is 14.0. The van der Waals surface area contributed by atoms with E-state index in [4.69, 9.17) is 0 Å². The van der Waals surface area contributed by atoms with Crippen LogP contribution in [0.3, 0.4) is 0 Å². The average Bonchev–Trinajstić information content (AvgIpc) is 2.96. The van der Waals surface area contributed by atoms with E-state index in [9.17, 15) is 9.18 Å². The van der Waals surface area contributed by atoms with Crippen LogP contribution in [0.5, 0.6) is 0 Å². The predicted octanol–water partition coefficient (Wildman–Crippen LogP) is 3.38. The highest BCUT2D eigenvalue weighted by molar-refractivity contribution is 8.00. The van der Waals surface area contributed by atoms with Crippen LogP contribution in [0.25, 0.3) is 11.4 Å². The van der Waals surface area contributed by atoms with Crippen molar-refractivity contribution >= 4 is 17.5 Å². The van der Waals surface area contributed by atoms with E-state index in [2.05, 4.69) is 15.2 Å². The molecule has 3 rings (SSSR count). The molecule has 0 fully saturated rings. The van der Waals surface area contributed by atoms with Gasteiger partial charge in [0.2, 0.25) is 0 Å². The molecule has 1 atom stereocenters. The van der Waals surface area contributed by atoms with Crippen LogP contribution in [0, 0.1) is 5.82 Å². The highest BCUT2D eigenvalue weighted by Gasteiger charge is 2.20. The third kappa shape index (κ3) is 3.35. The molecule has 0 bridgehead atoms. The number of aromatic nitrogens is 4. The fourth-order valence-corrected chi connectivity index (χ4v) is 3.12. The minimum atomic E-state index is -0.361. The standard InChI is InChI=1S/C17H15FN4OS/c1-11(15(23)12-5-7-14(18)8-6-12)24-17-21-20-16(22(17)2)13-4-3-9-19-10-13/h3-11H,1-2H3/t11-/m1/s1. The Bertz CT molecular complexity index is 849. The summed E-state index contributed by atoms with van der Waals surface area (Å²) in [6.45, 7) is 1.80. The van der Waals surface area contributed by atoms with Crippen molar-refractivity contribution in [3.63, 3.8) is 0 Å². The van der Waals surface area contributed by atoms with Gasteiger partial charge in [-0.1, -0.05) is 11.8 Å². The Kier molecular flexibility index (Phi) is 4.71. The molecule has 3 aromatic rings. The fraction of sp³-hybridized carbons (Fsp3) is 0.176. The monoisotopic (exact) mass is 342 g/mol. The topological polar surface area (TPSA) is 60.7 Å². The van der Waals surface area contributed by atoms with E-state index in [0.29, 0.717) is 16.5 Å². The van der Waals surface area contributed by atoms with Crippen LogP contribution in [0.15, 0.2) is 53.9 Å². The van der Waals surface area contributed by atoms with Gasteiger partial charge in [-0.05, 0) is 43.3 Å². The Balaban J connectivity index is 1.78. The van der Waals surface area contributed by atoms with E-state index in [0.717, 1.165) is 5.56 Å². The van der Waals surface area contributed by atoms with Crippen molar-refractivity contribution in [2.45, 2.75) is 17.3 Å². The number of Topliss-reactive ketones (excluding diaryl/α,β-unsaturated/α-hetero) is 1. The number of carbonyl (C=O) groups is 1. The van der Waals surface area contributed by atoms with Crippen molar-refractivity contribution in [2.75, 3.05) is 0 Å². The highest BCUT2D eigenvalue weighted by Crippen LogP contribution is 2.27. The maximum atomic E-state index is 13.0. The molecule has 2 heterocycles. The molecule has 7 heteroatoms. The first kappa shape index (κ1) is 16.3. The van der Waals surface area contributed by atoms with Crippen molar-refractivity contribution in [1.82, 2.24) is 19.7 Å². The molecule has 0 N–H and O–H groups in total. The van der Waals surface area contributed by atoms with Gasteiger partial charge >= 0.3 is 0 Å². The van der Waals surface area contributed by atoms with Gasteiger partial charge in [0.25, 0.3) is 0 Å². The smallest absolute Gasteiger partial charge is 0.191 e. The molecule has 0 amide bonds. The summed E-state index contributed by atoms with van der Waals surface area (Å²) in [5.74, 6) is 0.249. The third-order valence-corrected chi connectivity index (χ3v) is 4.67. The Morgan fingerprint density at radius 3 is 2.62 bits per heavy atom. The SMILES string of the molecule is C[C@@H](Sc1nnc(-c2cccnc2)n1C)C(=O)c1ccc(F)cc1. The van der Waals surface area contributed by atoms with E-state index in [-0.39, 0.29) is 16.9 Å². The minimum Gasteiger partial charge on any atom is -0.305 e. The van der Waals surface area contributed by atoms with Crippen LogP contribution in [0.2, 0.25) is 0 Å². The molecule has 0 radical (unpaired) electrons. The number of hydrogen-bond acceptors (Lipinski definition) is 5. The maximum absolute atomic E-state index is 13.0. The van der Waals surface area contributed by atoms with Gasteiger partial charge in [0.05, 0.1) is 5.25 Å². The molecule has 0 aliphatic rings. The number of rotatable bonds is 5. The van der Waals surface area contributed by atoms with E-state index >= 15 is 0 Å². The van der Waals surface area contributed by atoms with Gasteiger partial charge in [-0.3, -0.25) is 9.78 Å². The minimum absolute atomic E-state index is 0.0778. The zero-order chi connectivity index (χ0) is 17.1. The second-order valence-corrected chi connectivity index (χ2v) is 6.55. The number of hydrogen-bond donors (Lipinski definition) is 0. The fourth-order valence-electron chi connectivity index (χ4n) is 2.22. The Morgan fingerprint density at radius 1 is 1.21 bits per heavy atom. The lowest BCUT2D eigenvalue weighted by atomic mass is 10.1. The quantitative estimate of drug-likeness (QED) is 0.525. The number of halogens is 1. The first-order valence-electron chi connectivity index (χ1n) is 7.32. The number of pyridine rings is 1. The van der Waals surface area contributed by atoms with Gasteiger partial charge in [-0.2, -0.15) is 0 Å². The first-order valence-corrected chi connectivity index (χ1v) is 8.20. The molecule has 0 unspecified atom stereocenters. The normalized spacial score (nSPS) is 12.1. The van der Waals surface area contributed by atoms with Crippen LogP contribution in [0.1, 0.15) is 17.3 Å². The van der Waals surface area contributed by atoms with Crippen LogP contribution in [-0.4, -0.2) is 30.8 Å². The van der Waals surface area contributed by atoms with Gasteiger partial charge in [0.1, 0.15) is 5.82 Å². The molecule has 0 saturated heterocycles. The van der Waals surface area contributed by atoms with Crippen molar-refractivity contribution in [3.8, 4) is 11.4 Å². The molecular weight excluding hydrogens is 327 g/mol. The molecule has 1 aromatic carbocycles. The maximum Gasteiger partial charge on any atom is 0.191 e. The van der Waals surface area contributed by atoms with E-state index in [1.54, 1.807) is 19.3 Å². The van der Waals surface area contributed by atoms with Gasteiger partial charge in [-0.25, -0.2) is 4.39 Å². The summed E-state index contributed by atoms with van der Waals surface area (Å²) in [4.78, 5) is 16.5. The Labute approximate surface area is 143 Å². The Morgan fingerprint density at radius 2 is 1.96 bits per heavy atom. The van der Waals surface area contributed by atoms with E-state index < -0.39 is 0 Å². The molecular formula is C17H15FN4OS. The second-order valence-electron chi connectivity index (χ2n) is 5.24. The molecule has 24 heavy (non-hydrogen) atoms. The molecule has 2 aromatic heterocycles. The number of nitrogens with zero attached hydrogens (tertiary/aromatic N) is 4. The van der Waals surface area contributed by atoms with Crippen molar-refractivity contribution < 1.29 is 9.18 Å². The largest absolute Gasteiger partial charge is 0.305 e. The number of benzene rings is 1. The van der Waals surface area contributed by atoms with Crippen molar-refractivity contribution in [3.05, 3.63) is 60.2 Å². The highest BCUT2D eigenvalue weighted by atomic mass is 32.2. The molecule has 122 valence electrons. The first-order chi connectivity index (χ1) is 11.6. The summed E-state index contributed by atoms with van der Waals surface area (Å²) in [5, 5.41) is 8.61. The summed E-state index contributed by atoms with van der Waals surface area (Å²) in [7, 11) is 1.85. The van der Waals surface area contributed by atoms with Crippen LogP contribution in [0.4, 0.5) is 4.39 Å². The van der Waals surface area contributed by atoms with E-state index in [1.165, 1.54) is 36.0 Å². The van der Waals surface area contributed by atoms with Gasteiger partial charge in [0, 0.05) is 30.6 Å². The van der Waals surface area contributed by atoms with E-state index in [1.807, 2.05) is 23.7 Å². The average molecular weight is 342 g/mol. The second kappa shape index (κ2) is 6.92. The summed E-state index contributed by atoms with van der Waals surface area (Å²) in [6.07, 6.45) is 3.41. The molecule has 0 aliphatic heterocycles. The molecule has 0 saturated carbocycles. The predicted molar refractivity (Wildman–Crippen MR) is 90.3 cm³/mol. The van der Waals surface area contributed by atoms with Gasteiger partial charge in [0.15, 0.2) is 16.8 Å². The lowest BCUT2D eigenvalue weighted by Crippen LogP contribution is -2.14. The molecule has 5 nitrogen and oxygen atoms in total. The van der Waals surface area contributed by atoms with Crippen LogP contribution in [-0.2, 0) is 7.05 Å². The summed E-state index contributed by atoms with van der Waals surface area (Å²) in [6, 6.07) is 9.29. The van der Waals surface area contributed by atoms with Gasteiger partial charge in [-0.15, -0.1) is 10.2 Å². The number of ketones is 1. The van der Waals surface area contributed by atoms with Crippen molar-refractivity contribution in [2.24, 2.45) is 7.05 Å². The zero-order valence-electron chi connectivity index (χ0n) is 13.2.